The van der Waals surface area contributed by atoms with Gasteiger partial charge in [0.25, 0.3) is 5.91 Å². The lowest BCUT2D eigenvalue weighted by atomic mass is 9.93. The Morgan fingerprint density at radius 3 is 2.41 bits per heavy atom. The Hall–Kier alpha value is -1.85. The van der Waals surface area contributed by atoms with Crippen LogP contribution in [0.15, 0.2) is 30.3 Å². The van der Waals surface area contributed by atoms with E-state index in [0.29, 0.717) is 0 Å². The highest BCUT2D eigenvalue weighted by atomic mass is 35.5. The van der Waals surface area contributed by atoms with Crippen molar-refractivity contribution in [1.29, 1.82) is 0 Å². The second-order valence-electron chi connectivity index (χ2n) is 7.41. The van der Waals surface area contributed by atoms with E-state index in [9.17, 15) is 4.79 Å². The van der Waals surface area contributed by atoms with Crippen LogP contribution < -0.4 is 5.32 Å². The topological polar surface area (TPSA) is 50.2 Å². The molecule has 0 saturated carbocycles. The molecule has 1 fully saturated rings. The summed E-state index contributed by atoms with van der Waals surface area (Å²) in [6.45, 7) is 7.63. The maximum atomic E-state index is 12.7. The molecule has 1 aliphatic rings. The van der Waals surface area contributed by atoms with Gasteiger partial charge >= 0.3 is 0 Å². The normalized spacial score (nSPS) is 14.9. The Morgan fingerprint density at radius 1 is 1.19 bits per heavy atom. The maximum Gasteiger partial charge on any atom is 0.253 e. The van der Waals surface area contributed by atoms with Gasteiger partial charge in [-0.3, -0.25) is 9.48 Å². The molecule has 148 valence electrons. The van der Waals surface area contributed by atoms with Gasteiger partial charge in [0.2, 0.25) is 0 Å². The second-order valence-corrected chi connectivity index (χ2v) is 7.41. The Balaban J connectivity index is 0.00000261. The van der Waals surface area contributed by atoms with Crippen LogP contribution in [-0.2, 0) is 6.54 Å². The number of likely N-dealkylation sites (tertiary alicyclic amines) is 1. The van der Waals surface area contributed by atoms with E-state index in [0.717, 1.165) is 61.9 Å². The van der Waals surface area contributed by atoms with Crippen LogP contribution >= 0.6 is 12.4 Å². The molecule has 27 heavy (non-hydrogen) atoms. The summed E-state index contributed by atoms with van der Waals surface area (Å²) in [6, 6.07) is 10.1. The van der Waals surface area contributed by atoms with Crippen LogP contribution in [0.2, 0.25) is 0 Å². The molecule has 1 aromatic heterocycles. The molecule has 0 bridgehead atoms. The number of halogens is 1. The Labute approximate surface area is 168 Å². The van der Waals surface area contributed by atoms with E-state index in [2.05, 4.69) is 23.4 Å². The smallest absolute Gasteiger partial charge is 0.253 e. The molecule has 6 heteroatoms. The number of hydrogen-bond donors (Lipinski definition) is 1. The van der Waals surface area contributed by atoms with Crippen LogP contribution in [0.1, 0.15) is 46.6 Å². The van der Waals surface area contributed by atoms with Gasteiger partial charge in [-0.2, -0.15) is 5.10 Å². The number of carbonyl (C=O) groups excluding carboxylic acids is 1. The number of carbonyl (C=O) groups is 1. The van der Waals surface area contributed by atoms with Crippen molar-refractivity contribution in [3.63, 3.8) is 0 Å². The van der Waals surface area contributed by atoms with E-state index in [1.54, 1.807) is 0 Å². The average molecular weight is 391 g/mol. The number of nitrogens with zero attached hydrogens (tertiary/aromatic N) is 3. The third kappa shape index (κ3) is 5.56. The molecule has 1 saturated heterocycles. The van der Waals surface area contributed by atoms with E-state index in [-0.39, 0.29) is 18.3 Å². The fourth-order valence-electron chi connectivity index (χ4n) is 3.72. The summed E-state index contributed by atoms with van der Waals surface area (Å²) in [4.78, 5) is 14.7. The van der Waals surface area contributed by atoms with Gasteiger partial charge in [0.1, 0.15) is 0 Å². The van der Waals surface area contributed by atoms with Crippen molar-refractivity contribution in [3.05, 3.63) is 52.8 Å². The van der Waals surface area contributed by atoms with Crippen LogP contribution in [0.4, 0.5) is 0 Å². The molecule has 1 aromatic carbocycles. The molecule has 2 heterocycles. The number of hydrogen-bond acceptors (Lipinski definition) is 3. The molecule has 1 amide bonds. The molecule has 5 nitrogen and oxygen atoms in total. The van der Waals surface area contributed by atoms with Crippen molar-refractivity contribution >= 4 is 18.3 Å². The molecular formula is C21H31ClN4O. The van der Waals surface area contributed by atoms with Gasteiger partial charge in [-0.05, 0) is 76.4 Å². The summed E-state index contributed by atoms with van der Waals surface area (Å²) in [6.07, 6.45) is 3.44. The first-order valence-electron chi connectivity index (χ1n) is 9.60. The predicted octanol–water partition coefficient (Wildman–Crippen LogP) is 3.43. The van der Waals surface area contributed by atoms with E-state index in [1.807, 2.05) is 47.8 Å². The zero-order valence-electron chi connectivity index (χ0n) is 16.6. The third-order valence-corrected chi connectivity index (χ3v) is 5.34. The number of aryl methyl sites for hydroxylation is 2. The Kier molecular flexibility index (Phi) is 7.87. The van der Waals surface area contributed by atoms with E-state index >= 15 is 0 Å². The number of benzene rings is 1. The average Bonchev–Trinajstić information content (AvgIpc) is 2.97. The lowest BCUT2D eigenvalue weighted by Crippen LogP contribution is -2.38. The summed E-state index contributed by atoms with van der Waals surface area (Å²) >= 11 is 0. The molecule has 1 N–H and O–H groups in total. The molecule has 1 aliphatic heterocycles. The van der Waals surface area contributed by atoms with Gasteiger partial charge in [0.05, 0.1) is 12.2 Å². The molecule has 0 unspecified atom stereocenters. The summed E-state index contributed by atoms with van der Waals surface area (Å²) in [5.74, 6) is 0.907. The first-order valence-corrected chi connectivity index (χ1v) is 9.60. The summed E-state index contributed by atoms with van der Waals surface area (Å²) < 4.78 is 2.00. The SMILES string of the molecule is CNCCC1CCN(C(=O)c2ccc(Cn3nc(C)cc3C)cc2)CC1.Cl. The van der Waals surface area contributed by atoms with E-state index in [4.69, 9.17) is 0 Å². The van der Waals surface area contributed by atoms with Crippen molar-refractivity contribution in [3.8, 4) is 0 Å². The zero-order chi connectivity index (χ0) is 18.5. The van der Waals surface area contributed by atoms with Gasteiger partial charge in [0.15, 0.2) is 0 Å². The summed E-state index contributed by atoms with van der Waals surface area (Å²) in [5, 5.41) is 7.72. The highest BCUT2D eigenvalue weighted by molar-refractivity contribution is 5.94. The summed E-state index contributed by atoms with van der Waals surface area (Å²) in [7, 11) is 2.00. The molecule has 0 atom stereocenters. The maximum absolute atomic E-state index is 12.7. The largest absolute Gasteiger partial charge is 0.339 e. The van der Waals surface area contributed by atoms with Gasteiger partial charge < -0.3 is 10.2 Å². The Morgan fingerprint density at radius 2 is 1.85 bits per heavy atom. The lowest BCUT2D eigenvalue weighted by molar-refractivity contribution is 0.0687. The van der Waals surface area contributed by atoms with E-state index in [1.165, 1.54) is 12.0 Å². The first-order chi connectivity index (χ1) is 12.6. The Bertz CT molecular complexity index is 733. The first kappa shape index (κ1) is 21.5. The minimum absolute atomic E-state index is 0. The fraction of sp³-hybridized carbons (Fsp3) is 0.524. The van der Waals surface area contributed by atoms with Crippen molar-refractivity contribution in [1.82, 2.24) is 20.0 Å². The zero-order valence-corrected chi connectivity index (χ0v) is 17.4. The number of aromatic nitrogens is 2. The van der Waals surface area contributed by atoms with Crippen LogP contribution in [0.5, 0.6) is 0 Å². The molecule has 3 rings (SSSR count). The minimum Gasteiger partial charge on any atom is -0.339 e. The monoisotopic (exact) mass is 390 g/mol. The molecule has 0 aliphatic carbocycles. The fourth-order valence-corrected chi connectivity index (χ4v) is 3.72. The second kappa shape index (κ2) is 9.90. The van der Waals surface area contributed by atoms with Crippen LogP contribution in [-0.4, -0.2) is 47.3 Å². The third-order valence-electron chi connectivity index (χ3n) is 5.34. The highest BCUT2D eigenvalue weighted by Crippen LogP contribution is 2.21. The molecule has 0 spiro atoms. The predicted molar refractivity (Wildman–Crippen MR) is 112 cm³/mol. The van der Waals surface area contributed by atoms with Crippen LogP contribution in [0, 0.1) is 19.8 Å². The molecule has 0 radical (unpaired) electrons. The van der Waals surface area contributed by atoms with Crippen molar-refractivity contribution in [2.24, 2.45) is 5.92 Å². The van der Waals surface area contributed by atoms with Crippen molar-refractivity contribution in [2.45, 2.75) is 39.7 Å². The van der Waals surface area contributed by atoms with Gasteiger partial charge in [-0.15, -0.1) is 12.4 Å². The van der Waals surface area contributed by atoms with Gasteiger partial charge in [-0.1, -0.05) is 12.1 Å². The number of rotatable bonds is 6. The number of piperidine rings is 1. The number of nitrogens with one attached hydrogen (secondary N) is 1. The molecular weight excluding hydrogens is 360 g/mol. The van der Waals surface area contributed by atoms with Crippen LogP contribution in [0.3, 0.4) is 0 Å². The van der Waals surface area contributed by atoms with Crippen LogP contribution in [0.25, 0.3) is 0 Å². The standard InChI is InChI=1S/C21H30N4O.ClH/c1-16-14-17(2)25(23-16)15-19-4-6-20(7-5-19)21(26)24-12-9-18(10-13-24)8-11-22-3;/h4-7,14,18,22H,8-13,15H2,1-3H3;1H. The number of amides is 1. The van der Waals surface area contributed by atoms with Crippen molar-refractivity contribution < 1.29 is 4.79 Å². The molecule has 2 aromatic rings. The van der Waals surface area contributed by atoms with Gasteiger partial charge in [0, 0.05) is 24.3 Å². The minimum atomic E-state index is 0. The quantitative estimate of drug-likeness (QED) is 0.822. The van der Waals surface area contributed by atoms with Gasteiger partial charge in [-0.25, -0.2) is 0 Å². The van der Waals surface area contributed by atoms with Crippen molar-refractivity contribution in [2.75, 3.05) is 26.7 Å². The van der Waals surface area contributed by atoms with E-state index < -0.39 is 0 Å². The highest BCUT2D eigenvalue weighted by Gasteiger charge is 2.23. The summed E-state index contributed by atoms with van der Waals surface area (Å²) in [5.41, 5.74) is 4.14. The lowest BCUT2D eigenvalue weighted by Gasteiger charge is -2.32.